The number of rotatable bonds is 4. The first-order valence-corrected chi connectivity index (χ1v) is 10.4. The molecule has 138 valence electrons. The molecule has 5 nitrogen and oxygen atoms in total. The largest absolute Gasteiger partial charge is 0.366 e. The molecule has 7 heteroatoms. The van der Waals surface area contributed by atoms with Crippen molar-refractivity contribution in [1.29, 1.82) is 0 Å². The molecule has 3 rings (SSSR count). The monoisotopic (exact) mass is 376 g/mol. The molecule has 1 amide bonds. The van der Waals surface area contributed by atoms with Crippen LogP contribution in [-0.2, 0) is 15.6 Å². The summed E-state index contributed by atoms with van der Waals surface area (Å²) in [6, 6.07) is 13.3. The number of carbonyl (C=O) groups is 1. The first-order valence-electron chi connectivity index (χ1n) is 8.39. The summed E-state index contributed by atoms with van der Waals surface area (Å²) in [6.07, 6.45) is 1.18. The van der Waals surface area contributed by atoms with Gasteiger partial charge in [-0.2, -0.15) is 0 Å². The minimum absolute atomic E-state index is 0.0389. The fourth-order valence-electron chi connectivity index (χ4n) is 3.09. The second kappa shape index (κ2) is 7.45. The van der Waals surface area contributed by atoms with Gasteiger partial charge >= 0.3 is 0 Å². The third-order valence-electron chi connectivity index (χ3n) is 4.39. The number of hydrogen-bond acceptors (Lipinski definition) is 4. The Bertz CT molecular complexity index is 889. The molecule has 0 radical (unpaired) electrons. The molecule has 2 aromatic rings. The number of hydrogen-bond donors (Lipinski definition) is 0. The lowest BCUT2D eigenvalue weighted by molar-refractivity contribution is 0.0746. The number of amides is 1. The van der Waals surface area contributed by atoms with E-state index in [1.165, 1.54) is 12.3 Å². The normalized spacial score (nSPS) is 15.2. The van der Waals surface area contributed by atoms with Gasteiger partial charge in [-0.25, -0.2) is 12.8 Å². The summed E-state index contributed by atoms with van der Waals surface area (Å²) in [5.74, 6) is -0.388. The Kier molecular flexibility index (Phi) is 5.27. The number of para-hydroxylation sites is 1. The van der Waals surface area contributed by atoms with Crippen molar-refractivity contribution >= 4 is 21.4 Å². The number of benzene rings is 2. The third kappa shape index (κ3) is 4.40. The van der Waals surface area contributed by atoms with E-state index in [0.717, 1.165) is 0 Å². The predicted octanol–water partition coefficient (Wildman–Crippen LogP) is 2.33. The zero-order valence-corrected chi connectivity index (χ0v) is 15.4. The van der Waals surface area contributed by atoms with Crippen LogP contribution in [0.15, 0.2) is 48.5 Å². The molecule has 1 fully saturated rings. The SMILES string of the molecule is CS(=O)(=O)Cc1ccc(C(=O)N2CCN(c3ccccc3F)CC2)cc1. The maximum atomic E-state index is 13.9. The van der Waals surface area contributed by atoms with Crippen LogP contribution < -0.4 is 4.90 Å². The summed E-state index contributed by atoms with van der Waals surface area (Å²) in [5, 5.41) is 0. The lowest BCUT2D eigenvalue weighted by Gasteiger charge is -2.36. The summed E-state index contributed by atoms with van der Waals surface area (Å²) in [7, 11) is -3.10. The first kappa shape index (κ1) is 18.4. The first-order chi connectivity index (χ1) is 12.3. The van der Waals surface area contributed by atoms with Crippen LogP contribution in [0.25, 0.3) is 0 Å². The van der Waals surface area contributed by atoms with Crippen molar-refractivity contribution in [3.63, 3.8) is 0 Å². The zero-order chi connectivity index (χ0) is 18.7. The van der Waals surface area contributed by atoms with Gasteiger partial charge in [-0.3, -0.25) is 4.79 Å². The lowest BCUT2D eigenvalue weighted by atomic mass is 10.1. The van der Waals surface area contributed by atoms with Gasteiger partial charge in [-0.1, -0.05) is 24.3 Å². The van der Waals surface area contributed by atoms with Crippen LogP contribution >= 0.6 is 0 Å². The maximum absolute atomic E-state index is 13.9. The molecule has 0 aromatic heterocycles. The van der Waals surface area contributed by atoms with Crippen molar-refractivity contribution < 1.29 is 17.6 Å². The topological polar surface area (TPSA) is 57.7 Å². The van der Waals surface area contributed by atoms with Crippen LogP contribution in [0.2, 0.25) is 0 Å². The average molecular weight is 376 g/mol. The Hall–Kier alpha value is -2.41. The fourth-order valence-corrected chi connectivity index (χ4v) is 3.89. The van der Waals surface area contributed by atoms with Gasteiger partial charge in [0.2, 0.25) is 0 Å². The van der Waals surface area contributed by atoms with E-state index in [0.29, 0.717) is 43.0 Å². The lowest BCUT2D eigenvalue weighted by Crippen LogP contribution is -2.49. The highest BCUT2D eigenvalue weighted by atomic mass is 32.2. The van der Waals surface area contributed by atoms with E-state index in [-0.39, 0.29) is 17.5 Å². The number of halogens is 1. The van der Waals surface area contributed by atoms with Crippen molar-refractivity contribution in [3.8, 4) is 0 Å². The molecular weight excluding hydrogens is 355 g/mol. The molecule has 1 aliphatic rings. The third-order valence-corrected chi connectivity index (χ3v) is 5.25. The van der Waals surface area contributed by atoms with Gasteiger partial charge < -0.3 is 9.80 Å². The number of anilines is 1. The Balaban J connectivity index is 1.62. The summed E-state index contributed by atoms with van der Waals surface area (Å²) in [6.45, 7) is 2.16. The second-order valence-corrected chi connectivity index (χ2v) is 8.64. The van der Waals surface area contributed by atoms with Crippen LogP contribution in [0, 0.1) is 5.82 Å². The van der Waals surface area contributed by atoms with Crippen molar-refractivity contribution in [2.24, 2.45) is 0 Å². The molecule has 2 aromatic carbocycles. The van der Waals surface area contributed by atoms with Gasteiger partial charge in [0.1, 0.15) is 5.82 Å². The number of nitrogens with zero attached hydrogens (tertiary/aromatic N) is 2. The molecule has 1 heterocycles. The maximum Gasteiger partial charge on any atom is 0.253 e. The van der Waals surface area contributed by atoms with Crippen molar-refractivity contribution in [3.05, 3.63) is 65.5 Å². The summed E-state index contributed by atoms with van der Waals surface area (Å²) >= 11 is 0. The number of carbonyl (C=O) groups excluding carboxylic acids is 1. The van der Waals surface area contributed by atoms with Crippen LogP contribution in [0.3, 0.4) is 0 Å². The van der Waals surface area contributed by atoms with E-state index in [1.807, 2.05) is 4.90 Å². The van der Waals surface area contributed by atoms with Crippen molar-refractivity contribution in [1.82, 2.24) is 4.90 Å². The standard InChI is InChI=1S/C19H21FN2O3S/c1-26(24,25)14-15-6-8-16(9-7-15)19(23)22-12-10-21(11-13-22)18-5-3-2-4-17(18)20/h2-9H,10-14H2,1H3. The van der Waals surface area contributed by atoms with Gasteiger partial charge in [0.15, 0.2) is 9.84 Å². The van der Waals surface area contributed by atoms with Crippen molar-refractivity contribution in [2.45, 2.75) is 5.75 Å². The predicted molar refractivity (Wildman–Crippen MR) is 99.5 cm³/mol. The molecule has 1 aliphatic heterocycles. The molecule has 0 atom stereocenters. The highest BCUT2D eigenvalue weighted by Crippen LogP contribution is 2.21. The zero-order valence-electron chi connectivity index (χ0n) is 14.6. The Morgan fingerprint density at radius 1 is 1.00 bits per heavy atom. The molecule has 1 saturated heterocycles. The number of piperazine rings is 1. The summed E-state index contributed by atoms with van der Waals surface area (Å²) < 4.78 is 36.5. The van der Waals surface area contributed by atoms with Crippen LogP contribution in [0.5, 0.6) is 0 Å². The van der Waals surface area contributed by atoms with Crippen LogP contribution in [0.4, 0.5) is 10.1 Å². The van der Waals surface area contributed by atoms with Gasteiger partial charge in [-0.05, 0) is 29.8 Å². The van der Waals surface area contributed by atoms with Gasteiger partial charge in [-0.15, -0.1) is 0 Å². The Labute approximate surface area is 153 Å². The molecule has 0 bridgehead atoms. The van der Waals surface area contributed by atoms with E-state index in [9.17, 15) is 17.6 Å². The van der Waals surface area contributed by atoms with Crippen molar-refractivity contribution in [2.75, 3.05) is 37.3 Å². The van der Waals surface area contributed by atoms with Gasteiger partial charge in [0, 0.05) is 38.0 Å². The Morgan fingerprint density at radius 3 is 2.19 bits per heavy atom. The molecule has 0 saturated carbocycles. The fraction of sp³-hybridized carbons (Fsp3) is 0.316. The van der Waals surface area contributed by atoms with Gasteiger partial charge in [0.25, 0.3) is 5.91 Å². The quantitative estimate of drug-likeness (QED) is 0.822. The molecule has 0 spiro atoms. The number of sulfone groups is 1. The molecule has 0 unspecified atom stereocenters. The van der Waals surface area contributed by atoms with Crippen LogP contribution in [-0.4, -0.2) is 51.7 Å². The van der Waals surface area contributed by atoms with E-state index in [1.54, 1.807) is 47.4 Å². The van der Waals surface area contributed by atoms with E-state index >= 15 is 0 Å². The Morgan fingerprint density at radius 2 is 1.62 bits per heavy atom. The highest BCUT2D eigenvalue weighted by Gasteiger charge is 2.23. The molecular formula is C19H21FN2O3S. The minimum atomic E-state index is -3.10. The van der Waals surface area contributed by atoms with E-state index in [2.05, 4.69) is 0 Å². The van der Waals surface area contributed by atoms with E-state index in [4.69, 9.17) is 0 Å². The minimum Gasteiger partial charge on any atom is -0.366 e. The summed E-state index contributed by atoms with van der Waals surface area (Å²) in [5.41, 5.74) is 1.75. The van der Waals surface area contributed by atoms with E-state index < -0.39 is 9.84 Å². The molecule has 0 N–H and O–H groups in total. The smallest absolute Gasteiger partial charge is 0.253 e. The highest BCUT2D eigenvalue weighted by molar-refractivity contribution is 7.89. The van der Waals surface area contributed by atoms with Gasteiger partial charge in [0.05, 0.1) is 11.4 Å². The summed E-state index contributed by atoms with van der Waals surface area (Å²) in [4.78, 5) is 16.3. The molecule has 0 aliphatic carbocycles. The van der Waals surface area contributed by atoms with Crippen LogP contribution in [0.1, 0.15) is 15.9 Å². The molecule has 26 heavy (non-hydrogen) atoms. The average Bonchev–Trinajstić information content (AvgIpc) is 2.61. The second-order valence-electron chi connectivity index (χ2n) is 6.50.